The molecule has 2 aromatic carbocycles. The van der Waals surface area contributed by atoms with E-state index in [1.54, 1.807) is 5.48 Å². The molecule has 29 heavy (non-hydrogen) atoms. The van der Waals surface area contributed by atoms with Crippen LogP contribution in [0.1, 0.15) is 37.8 Å². The molecule has 2 N–H and O–H groups in total. The summed E-state index contributed by atoms with van der Waals surface area (Å²) >= 11 is 0. The average Bonchev–Trinajstić information content (AvgIpc) is 3.17. The fourth-order valence-electron chi connectivity index (χ4n) is 4.33. The van der Waals surface area contributed by atoms with Crippen LogP contribution in [0, 0.1) is 0 Å². The molecule has 4 rings (SSSR count). The van der Waals surface area contributed by atoms with Crippen molar-refractivity contribution in [1.82, 2.24) is 19.9 Å². The van der Waals surface area contributed by atoms with Crippen molar-refractivity contribution in [3.05, 3.63) is 54.1 Å². The average molecular weight is 393 g/mol. The standard InChI is InChI=1S/C23H28N4O2/c1-2-26-14-6-9-19(16-26)27-21-11-4-3-10-20(21)24-23(27)18-8-5-7-17(15-18)12-13-22(28)25-29/h3-5,7-8,10-11,15,19,29H,2,6,9,12-14,16H2,1H3,(H,25,28). The molecule has 2 heterocycles. The molecule has 0 bridgehead atoms. The van der Waals surface area contributed by atoms with E-state index in [2.05, 4.69) is 46.7 Å². The Morgan fingerprint density at radius 2 is 2.10 bits per heavy atom. The van der Waals surface area contributed by atoms with Crippen LogP contribution in [0.4, 0.5) is 0 Å². The Kier molecular flexibility index (Phi) is 5.92. The maximum absolute atomic E-state index is 11.4. The molecular formula is C23H28N4O2. The Morgan fingerprint density at radius 1 is 1.24 bits per heavy atom. The van der Waals surface area contributed by atoms with E-state index >= 15 is 0 Å². The number of likely N-dealkylation sites (tertiary alicyclic amines) is 1. The number of aryl methyl sites for hydroxylation is 1. The first-order valence-corrected chi connectivity index (χ1v) is 10.4. The van der Waals surface area contributed by atoms with Crippen LogP contribution in [0.2, 0.25) is 0 Å². The van der Waals surface area contributed by atoms with Crippen LogP contribution >= 0.6 is 0 Å². The number of imidazole rings is 1. The lowest BCUT2D eigenvalue weighted by atomic mass is 10.0. The van der Waals surface area contributed by atoms with Crippen LogP contribution in [0.3, 0.4) is 0 Å². The van der Waals surface area contributed by atoms with E-state index in [0.29, 0.717) is 12.5 Å². The minimum atomic E-state index is -0.371. The van der Waals surface area contributed by atoms with E-state index in [0.717, 1.165) is 48.5 Å². The Bertz CT molecular complexity index is 997. The molecular weight excluding hydrogens is 364 g/mol. The lowest BCUT2D eigenvalue weighted by molar-refractivity contribution is -0.129. The number of hydroxylamine groups is 1. The monoisotopic (exact) mass is 392 g/mol. The van der Waals surface area contributed by atoms with Crippen LogP contribution in [-0.4, -0.2) is 45.2 Å². The third-order valence-corrected chi connectivity index (χ3v) is 5.84. The Balaban J connectivity index is 1.73. The van der Waals surface area contributed by atoms with Gasteiger partial charge in [-0.1, -0.05) is 37.3 Å². The van der Waals surface area contributed by atoms with Crippen molar-refractivity contribution >= 4 is 16.9 Å². The van der Waals surface area contributed by atoms with Crippen LogP contribution < -0.4 is 5.48 Å². The van der Waals surface area contributed by atoms with E-state index in [9.17, 15) is 4.79 Å². The molecule has 1 aliphatic rings. The van der Waals surface area contributed by atoms with Gasteiger partial charge in [0.25, 0.3) is 0 Å². The molecule has 1 atom stereocenters. The second-order valence-corrected chi connectivity index (χ2v) is 7.72. The summed E-state index contributed by atoms with van der Waals surface area (Å²) in [7, 11) is 0. The maximum Gasteiger partial charge on any atom is 0.243 e. The van der Waals surface area contributed by atoms with Crippen LogP contribution in [0.5, 0.6) is 0 Å². The van der Waals surface area contributed by atoms with Crippen LogP contribution in [0.15, 0.2) is 48.5 Å². The second kappa shape index (κ2) is 8.76. The van der Waals surface area contributed by atoms with Gasteiger partial charge < -0.3 is 9.47 Å². The molecule has 1 saturated heterocycles. The zero-order valence-electron chi connectivity index (χ0n) is 16.8. The molecule has 152 valence electrons. The number of fused-ring (bicyclic) bond motifs is 1. The largest absolute Gasteiger partial charge is 0.320 e. The fourth-order valence-corrected chi connectivity index (χ4v) is 4.33. The maximum atomic E-state index is 11.4. The molecule has 6 heteroatoms. The third-order valence-electron chi connectivity index (χ3n) is 5.84. The van der Waals surface area contributed by atoms with E-state index < -0.39 is 0 Å². The van der Waals surface area contributed by atoms with Gasteiger partial charge in [-0.25, -0.2) is 10.5 Å². The molecule has 1 fully saturated rings. The zero-order valence-corrected chi connectivity index (χ0v) is 16.8. The first kappa shape index (κ1) is 19.6. The van der Waals surface area contributed by atoms with Gasteiger partial charge in [-0.2, -0.15) is 0 Å². The topological polar surface area (TPSA) is 70.4 Å². The normalized spacial score (nSPS) is 17.5. The van der Waals surface area contributed by atoms with E-state index in [-0.39, 0.29) is 12.3 Å². The Morgan fingerprint density at radius 3 is 2.93 bits per heavy atom. The van der Waals surface area contributed by atoms with E-state index in [1.807, 2.05) is 18.2 Å². The number of rotatable bonds is 6. The number of likely N-dealkylation sites (N-methyl/N-ethyl adjacent to an activating group) is 1. The van der Waals surface area contributed by atoms with Gasteiger partial charge in [-0.3, -0.25) is 10.0 Å². The number of hydrogen-bond donors (Lipinski definition) is 2. The van der Waals surface area contributed by atoms with Gasteiger partial charge in [-0.15, -0.1) is 0 Å². The lowest BCUT2D eigenvalue weighted by Gasteiger charge is -2.33. The lowest BCUT2D eigenvalue weighted by Crippen LogP contribution is -2.36. The highest BCUT2D eigenvalue weighted by Crippen LogP contribution is 2.33. The first-order chi connectivity index (χ1) is 14.2. The molecule has 1 aliphatic heterocycles. The number of nitrogens with zero attached hydrogens (tertiary/aromatic N) is 3. The van der Waals surface area contributed by atoms with Crippen molar-refractivity contribution < 1.29 is 10.0 Å². The Labute approximate surface area is 171 Å². The summed E-state index contributed by atoms with van der Waals surface area (Å²) in [5.41, 5.74) is 6.02. The highest BCUT2D eigenvalue weighted by atomic mass is 16.5. The summed E-state index contributed by atoms with van der Waals surface area (Å²) in [6, 6.07) is 17.0. The van der Waals surface area contributed by atoms with Gasteiger partial charge in [0.1, 0.15) is 5.82 Å². The van der Waals surface area contributed by atoms with Gasteiger partial charge in [0.2, 0.25) is 5.91 Å². The van der Waals surface area contributed by atoms with Crippen LogP contribution in [0.25, 0.3) is 22.4 Å². The summed E-state index contributed by atoms with van der Waals surface area (Å²) in [5.74, 6) is 0.618. The van der Waals surface area contributed by atoms with Crippen molar-refractivity contribution in [1.29, 1.82) is 0 Å². The molecule has 0 spiro atoms. The molecule has 1 aromatic heterocycles. The highest BCUT2D eigenvalue weighted by molar-refractivity contribution is 5.81. The third kappa shape index (κ3) is 4.18. The quantitative estimate of drug-likeness (QED) is 0.494. The van der Waals surface area contributed by atoms with Gasteiger partial charge >= 0.3 is 0 Å². The summed E-state index contributed by atoms with van der Waals surface area (Å²) in [5, 5.41) is 8.73. The van der Waals surface area contributed by atoms with Gasteiger partial charge in [0.05, 0.1) is 11.0 Å². The van der Waals surface area contributed by atoms with E-state index in [4.69, 9.17) is 10.2 Å². The van der Waals surface area contributed by atoms with Crippen molar-refractivity contribution in [2.24, 2.45) is 0 Å². The summed E-state index contributed by atoms with van der Waals surface area (Å²) in [4.78, 5) is 18.9. The molecule has 6 nitrogen and oxygen atoms in total. The smallest absolute Gasteiger partial charge is 0.243 e. The van der Waals surface area contributed by atoms with Crippen molar-refractivity contribution in [3.8, 4) is 11.4 Å². The first-order valence-electron chi connectivity index (χ1n) is 10.4. The van der Waals surface area contributed by atoms with Gasteiger partial charge in [0.15, 0.2) is 0 Å². The number of nitrogens with one attached hydrogen (secondary N) is 1. The molecule has 0 saturated carbocycles. The number of para-hydroxylation sites is 2. The number of aromatic nitrogens is 2. The molecule has 0 radical (unpaired) electrons. The SMILES string of the molecule is CCN1CCCC(n2c(-c3cccc(CCC(=O)NO)c3)nc3ccccc32)C1. The molecule has 3 aromatic rings. The number of carbonyl (C=O) groups is 1. The van der Waals surface area contributed by atoms with Gasteiger partial charge in [0, 0.05) is 24.6 Å². The number of carbonyl (C=O) groups excluding carboxylic acids is 1. The number of amides is 1. The number of benzene rings is 2. The van der Waals surface area contributed by atoms with Gasteiger partial charge in [-0.05, 0) is 56.1 Å². The minimum Gasteiger partial charge on any atom is -0.320 e. The second-order valence-electron chi connectivity index (χ2n) is 7.72. The highest BCUT2D eigenvalue weighted by Gasteiger charge is 2.25. The summed E-state index contributed by atoms with van der Waals surface area (Å²) < 4.78 is 2.41. The predicted molar refractivity (Wildman–Crippen MR) is 114 cm³/mol. The number of hydrogen-bond acceptors (Lipinski definition) is 4. The number of piperidine rings is 1. The summed E-state index contributed by atoms with van der Waals surface area (Å²) in [6.07, 6.45) is 3.18. The van der Waals surface area contributed by atoms with E-state index in [1.165, 1.54) is 11.9 Å². The zero-order chi connectivity index (χ0) is 20.2. The van der Waals surface area contributed by atoms with Crippen molar-refractivity contribution in [2.75, 3.05) is 19.6 Å². The molecule has 1 amide bonds. The Hall–Kier alpha value is -2.70. The summed E-state index contributed by atoms with van der Waals surface area (Å²) in [6.45, 7) is 5.50. The minimum absolute atomic E-state index is 0.254. The fraction of sp³-hybridized carbons (Fsp3) is 0.391. The van der Waals surface area contributed by atoms with Crippen LogP contribution in [-0.2, 0) is 11.2 Å². The molecule has 1 unspecified atom stereocenters. The predicted octanol–water partition coefficient (Wildman–Crippen LogP) is 3.80. The molecule has 0 aliphatic carbocycles. The van der Waals surface area contributed by atoms with Crippen molar-refractivity contribution in [3.63, 3.8) is 0 Å². The van der Waals surface area contributed by atoms with Crippen molar-refractivity contribution in [2.45, 2.75) is 38.6 Å².